The maximum Gasteiger partial charge on any atom is -0.00290 e. The lowest BCUT2D eigenvalue weighted by molar-refractivity contribution is 0.733. The van der Waals surface area contributed by atoms with Gasteiger partial charge in [0.15, 0.2) is 0 Å². The molecule has 0 heterocycles. The molecule has 0 aliphatic heterocycles. The number of hydrogen-bond acceptors (Lipinski definition) is 0. The Labute approximate surface area is 105 Å². The second-order valence-corrected chi connectivity index (χ2v) is 4.99. The molecule has 0 heteroatoms. The lowest BCUT2D eigenvalue weighted by atomic mass is 9.95. The Bertz CT molecular complexity index is 406. The predicted molar refractivity (Wildman–Crippen MR) is 75.3 cm³/mol. The zero-order chi connectivity index (χ0) is 12.1. The summed E-state index contributed by atoms with van der Waals surface area (Å²) in [5.41, 5.74) is 4.35. The molecule has 0 saturated carbocycles. The van der Waals surface area contributed by atoms with Crippen molar-refractivity contribution < 1.29 is 0 Å². The number of rotatable bonds is 4. The standard InChI is InChI=1S/C17H22/c1-3-14(2)17-11-9-16(10-12-17)13-15-7-5-4-6-8-15/h5,7-12,14H,3-4,6,13H2,1-2H3. The van der Waals surface area contributed by atoms with Gasteiger partial charge in [0.05, 0.1) is 0 Å². The summed E-state index contributed by atoms with van der Waals surface area (Å²) in [6, 6.07) is 9.14. The van der Waals surface area contributed by atoms with Crippen molar-refractivity contribution in [3.8, 4) is 0 Å². The van der Waals surface area contributed by atoms with Crippen LogP contribution < -0.4 is 0 Å². The third-order valence-electron chi connectivity index (χ3n) is 3.64. The first kappa shape index (κ1) is 12.2. The van der Waals surface area contributed by atoms with E-state index in [0.29, 0.717) is 5.92 Å². The van der Waals surface area contributed by atoms with Gasteiger partial charge in [-0.25, -0.2) is 0 Å². The highest BCUT2D eigenvalue weighted by Gasteiger charge is 2.03. The Hall–Kier alpha value is -1.30. The topological polar surface area (TPSA) is 0 Å². The molecular weight excluding hydrogens is 204 g/mol. The van der Waals surface area contributed by atoms with Crippen LogP contribution in [0.5, 0.6) is 0 Å². The molecule has 90 valence electrons. The van der Waals surface area contributed by atoms with Gasteiger partial charge in [-0.2, -0.15) is 0 Å². The first-order valence-electron chi connectivity index (χ1n) is 6.74. The molecule has 0 fully saturated rings. The molecule has 0 bridgehead atoms. The Morgan fingerprint density at radius 3 is 2.47 bits per heavy atom. The molecule has 1 aromatic rings. The molecule has 0 aromatic heterocycles. The van der Waals surface area contributed by atoms with Crippen LogP contribution in [0.1, 0.15) is 50.2 Å². The Morgan fingerprint density at radius 2 is 1.88 bits per heavy atom. The highest BCUT2D eigenvalue weighted by molar-refractivity contribution is 5.32. The minimum Gasteiger partial charge on any atom is -0.0840 e. The Morgan fingerprint density at radius 1 is 1.12 bits per heavy atom. The molecule has 0 saturated heterocycles. The monoisotopic (exact) mass is 226 g/mol. The van der Waals surface area contributed by atoms with Crippen LogP contribution in [0, 0.1) is 0 Å². The van der Waals surface area contributed by atoms with E-state index in [9.17, 15) is 0 Å². The summed E-state index contributed by atoms with van der Waals surface area (Å²) < 4.78 is 0. The van der Waals surface area contributed by atoms with Crippen LogP contribution in [0.4, 0.5) is 0 Å². The van der Waals surface area contributed by atoms with Crippen molar-refractivity contribution in [1.82, 2.24) is 0 Å². The maximum atomic E-state index is 2.36. The third-order valence-corrected chi connectivity index (χ3v) is 3.64. The quantitative estimate of drug-likeness (QED) is 0.676. The number of benzene rings is 1. The summed E-state index contributed by atoms with van der Waals surface area (Å²) in [5, 5.41) is 0. The van der Waals surface area contributed by atoms with Gasteiger partial charge in [-0.1, -0.05) is 56.3 Å². The van der Waals surface area contributed by atoms with Gasteiger partial charge in [0, 0.05) is 0 Å². The number of hydrogen-bond donors (Lipinski definition) is 0. The SMILES string of the molecule is CCC(C)c1ccc(CC2=CCCC=C2)cc1. The second-order valence-electron chi connectivity index (χ2n) is 4.99. The van der Waals surface area contributed by atoms with Crippen LogP contribution in [-0.2, 0) is 6.42 Å². The third kappa shape index (κ3) is 3.33. The Balaban J connectivity index is 2.03. The average molecular weight is 226 g/mol. The fourth-order valence-electron chi connectivity index (χ4n) is 2.23. The van der Waals surface area contributed by atoms with E-state index in [1.807, 2.05) is 0 Å². The van der Waals surface area contributed by atoms with E-state index in [4.69, 9.17) is 0 Å². The van der Waals surface area contributed by atoms with Gasteiger partial charge >= 0.3 is 0 Å². The van der Waals surface area contributed by atoms with E-state index >= 15 is 0 Å². The summed E-state index contributed by atoms with van der Waals surface area (Å²) in [5.74, 6) is 0.679. The van der Waals surface area contributed by atoms with Crippen molar-refractivity contribution in [2.75, 3.05) is 0 Å². The van der Waals surface area contributed by atoms with E-state index in [1.165, 1.54) is 36.0 Å². The normalized spacial score (nSPS) is 16.7. The summed E-state index contributed by atoms with van der Waals surface area (Å²) in [4.78, 5) is 0. The van der Waals surface area contributed by atoms with Gasteiger partial charge in [0.25, 0.3) is 0 Å². The average Bonchev–Trinajstić information content (AvgIpc) is 2.40. The van der Waals surface area contributed by atoms with Crippen molar-refractivity contribution in [3.63, 3.8) is 0 Å². The summed E-state index contributed by atoms with van der Waals surface area (Å²) in [6.45, 7) is 4.54. The predicted octanol–water partition coefficient (Wildman–Crippen LogP) is 5.02. The molecule has 2 rings (SSSR count). The molecule has 1 unspecified atom stereocenters. The fraction of sp³-hybridized carbons (Fsp3) is 0.412. The van der Waals surface area contributed by atoms with Gasteiger partial charge < -0.3 is 0 Å². The van der Waals surface area contributed by atoms with E-state index in [0.717, 1.165) is 6.42 Å². The molecule has 1 aliphatic rings. The van der Waals surface area contributed by atoms with Crippen molar-refractivity contribution in [3.05, 3.63) is 59.2 Å². The van der Waals surface area contributed by atoms with Gasteiger partial charge in [0.1, 0.15) is 0 Å². The molecule has 1 aliphatic carbocycles. The second kappa shape index (κ2) is 5.86. The summed E-state index contributed by atoms with van der Waals surface area (Å²) >= 11 is 0. The van der Waals surface area contributed by atoms with Crippen molar-refractivity contribution in [1.29, 1.82) is 0 Å². The molecule has 17 heavy (non-hydrogen) atoms. The summed E-state index contributed by atoms with van der Waals surface area (Å²) in [6.07, 6.45) is 11.6. The van der Waals surface area contributed by atoms with Crippen LogP contribution in [0.15, 0.2) is 48.1 Å². The smallest absolute Gasteiger partial charge is 0.00290 e. The number of allylic oxidation sites excluding steroid dienone is 4. The highest BCUT2D eigenvalue weighted by Crippen LogP contribution is 2.21. The molecule has 1 aromatic carbocycles. The first-order valence-corrected chi connectivity index (χ1v) is 6.74. The van der Waals surface area contributed by atoms with E-state index in [-0.39, 0.29) is 0 Å². The van der Waals surface area contributed by atoms with Crippen molar-refractivity contribution in [2.45, 2.75) is 45.4 Å². The van der Waals surface area contributed by atoms with E-state index in [2.05, 4.69) is 56.3 Å². The minimum atomic E-state index is 0.679. The van der Waals surface area contributed by atoms with Crippen LogP contribution in [0.25, 0.3) is 0 Å². The van der Waals surface area contributed by atoms with Crippen molar-refractivity contribution >= 4 is 0 Å². The molecule has 0 radical (unpaired) electrons. The molecule has 0 N–H and O–H groups in total. The fourth-order valence-corrected chi connectivity index (χ4v) is 2.23. The minimum absolute atomic E-state index is 0.679. The van der Waals surface area contributed by atoms with E-state index in [1.54, 1.807) is 0 Å². The Kier molecular flexibility index (Phi) is 4.19. The van der Waals surface area contributed by atoms with Crippen LogP contribution >= 0.6 is 0 Å². The van der Waals surface area contributed by atoms with Crippen LogP contribution in [0.3, 0.4) is 0 Å². The zero-order valence-corrected chi connectivity index (χ0v) is 10.9. The molecular formula is C17H22. The highest BCUT2D eigenvalue weighted by atomic mass is 14.1. The van der Waals surface area contributed by atoms with Crippen LogP contribution in [0.2, 0.25) is 0 Å². The van der Waals surface area contributed by atoms with Gasteiger partial charge in [-0.3, -0.25) is 0 Å². The lowest BCUT2D eigenvalue weighted by Crippen LogP contribution is -1.94. The lowest BCUT2D eigenvalue weighted by Gasteiger charge is -2.11. The maximum absolute atomic E-state index is 2.36. The summed E-state index contributed by atoms with van der Waals surface area (Å²) in [7, 11) is 0. The van der Waals surface area contributed by atoms with Crippen LogP contribution in [-0.4, -0.2) is 0 Å². The molecule has 0 nitrogen and oxygen atoms in total. The van der Waals surface area contributed by atoms with Crippen molar-refractivity contribution in [2.24, 2.45) is 0 Å². The van der Waals surface area contributed by atoms with Gasteiger partial charge in [0.2, 0.25) is 0 Å². The zero-order valence-electron chi connectivity index (χ0n) is 10.9. The van der Waals surface area contributed by atoms with Gasteiger partial charge in [-0.05, 0) is 48.3 Å². The van der Waals surface area contributed by atoms with E-state index < -0.39 is 0 Å². The van der Waals surface area contributed by atoms with Gasteiger partial charge in [-0.15, -0.1) is 0 Å². The molecule has 1 atom stereocenters. The first-order chi connectivity index (χ1) is 8.29. The molecule has 0 amide bonds. The molecule has 0 spiro atoms. The largest absolute Gasteiger partial charge is 0.0840 e.